The van der Waals surface area contributed by atoms with Gasteiger partial charge >= 0.3 is 5.97 Å². The second kappa shape index (κ2) is 5.58. The van der Waals surface area contributed by atoms with Crippen LogP contribution in [0.4, 0.5) is 0 Å². The van der Waals surface area contributed by atoms with Crippen LogP contribution in [0.3, 0.4) is 0 Å². The molecular weight excluding hydrogens is 280 g/mol. The van der Waals surface area contributed by atoms with Crippen molar-refractivity contribution in [2.45, 2.75) is 0 Å². The minimum Gasteiger partial charge on any atom is -0.508 e. The van der Waals surface area contributed by atoms with Crippen LogP contribution in [0.25, 0.3) is 10.4 Å². The summed E-state index contributed by atoms with van der Waals surface area (Å²) in [5, 5.41) is 26.7. The van der Waals surface area contributed by atoms with E-state index in [1.54, 1.807) is 24.3 Å². The molecule has 2 aromatic rings. The van der Waals surface area contributed by atoms with Gasteiger partial charge in [0.05, 0.1) is 4.88 Å². The zero-order valence-corrected chi connectivity index (χ0v) is 10.9. The Morgan fingerprint density at radius 1 is 1.00 bits per heavy atom. The molecular formula is C14H10O5S. The number of hydrogen-bond acceptors (Lipinski definition) is 5. The van der Waals surface area contributed by atoms with Crippen LogP contribution in [0.2, 0.25) is 0 Å². The fourth-order valence-corrected chi connectivity index (χ4v) is 2.43. The molecule has 1 heterocycles. The molecule has 1 aromatic carbocycles. The minimum atomic E-state index is -1.55. The SMILES string of the molecule is O=C(O)/C(O)=C\C(=O)c1ccc(-c2ccc(O)cc2)s1. The highest BCUT2D eigenvalue weighted by Crippen LogP contribution is 2.29. The Kier molecular flexibility index (Phi) is 3.86. The first-order chi connectivity index (χ1) is 9.47. The third-order valence-corrected chi connectivity index (χ3v) is 3.64. The first-order valence-corrected chi connectivity index (χ1v) is 6.36. The average Bonchev–Trinajstić information content (AvgIpc) is 2.89. The number of phenols is 1. The number of aliphatic carboxylic acids is 1. The monoisotopic (exact) mass is 290 g/mol. The van der Waals surface area contributed by atoms with E-state index in [-0.39, 0.29) is 5.75 Å². The van der Waals surface area contributed by atoms with Crippen molar-refractivity contribution >= 4 is 23.1 Å². The number of aliphatic hydroxyl groups excluding tert-OH is 1. The quantitative estimate of drug-likeness (QED) is 0.457. The fraction of sp³-hybridized carbons (Fsp3) is 0. The van der Waals surface area contributed by atoms with Crippen LogP contribution >= 0.6 is 11.3 Å². The lowest BCUT2D eigenvalue weighted by atomic mass is 10.2. The number of carboxylic acids is 1. The third-order valence-electron chi connectivity index (χ3n) is 2.49. The number of ketones is 1. The van der Waals surface area contributed by atoms with E-state index < -0.39 is 17.5 Å². The lowest BCUT2D eigenvalue weighted by Gasteiger charge is -1.97. The van der Waals surface area contributed by atoms with Gasteiger partial charge in [0.2, 0.25) is 5.76 Å². The summed E-state index contributed by atoms with van der Waals surface area (Å²) >= 11 is 1.17. The van der Waals surface area contributed by atoms with Gasteiger partial charge in [-0.3, -0.25) is 4.79 Å². The van der Waals surface area contributed by atoms with Gasteiger partial charge in [-0.1, -0.05) is 0 Å². The van der Waals surface area contributed by atoms with Crippen LogP contribution in [-0.4, -0.2) is 27.1 Å². The summed E-state index contributed by atoms with van der Waals surface area (Å²) in [6, 6.07) is 9.76. The van der Waals surface area contributed by atoms with E-state index in [9.17, 15) is 14.7 Å². The molecule has 6 heteroatoms. The summed E-state index contributed by atoms with van der Waals surface area (Å²) in [5.74, 6) is -2.96. The van der Waals surface area contributed by atoms with Gasteiger partial charge in [0.15, 0.2) is 5.78 Å². The third kappa shape index (κ3) is 3.04. The highest BCUT2D eigenvalue weighted by molar-refractivity contribution is 7.17. The zero-order chi connectivity index (χ0) is 14.7. The number of aliphatic hydroxyl groups is 1. The van der Waals surface area contributed by atoms with Crippen molar-refractivity contribution < 1.29 is 24.9 Å². The van der Waals surface area contributed by atoms with Crippen molar-refractivity contribution in [3.8, 4) is 16.2 Å². The van der Waals surface area contributed by atoms with E-state index in [0.29, 0.717) is 11.0 Å². The molecule has 0 radical (unpaired) electrons. The van der Waals surface area contributed by atoms with Crippen molar-refractivity contribution in [1.29, 1.82) is 0 Å². The number of rotatable bonds is 4. The number of carbonyl (C=O) groups is 2. The van der Waals surface area contributed by atoms with Crippen molar-refractivity contribution in [2.24, 2.45) is 0 Å². The molecule has 0 saturated carbocycles. The van der Waals surface area contributed by atoms with Crippen LogP contribution in [0.1, 0.15) is 9.67 Å². The first-order valence-electron chi connectivity index (χ1n) is 5.55. The second-order valence-corrected chi connectivity index (χ2v) is 4.99. The van der Waals surface area contributed by atoms with Crippen molar-refractivity contribution in [1.82, 2.24) is 0 Å². The summed E-state index contributed by atoms with van der Waals surface area (Å²) in [5.41, 5.74) is 0.832. The van der Waals surface area contributed by atoms with Gasteiger partial charge in [0.25, 0.3) is 0 Å². The Morgan fingerprint density at radius 3 is 2.25 bits per heavy atom. The van der Waals surface area contributed by atoms with E-state index in [1.165, 1.54) is 23.5 Å². The van der Waals surface area contributed by atoms with E-state index in [1.807, 2.05) is 0 Å². The molecule has 20 heavy (non-hydrogen) atoms. The molecule has 0 amide bonds. The molecule has 2 rings (SSSR count). The van der Waals surface area contributed by atoms with Crippen LogP contribution in [-0.2, 0) is 4.79 Å². The maximum atomic E-state index is 11.7. The van der Waals surface area contributed by atoms with Gasteiger partial charge in [-0.05, 0) is 42.0 Å². The van der Waals surface area contributed by atoms with Crippen molar-refractivity contribution in [3.63, 3.8) is 0 Å². The molecule has 0 aliphatic rings. The molecule has 3 N–H and O–H groups in total. The molecule has 1 aromatic heterocycles. The lowest BCUT2D eigenvalue weighted by molar-refractivity contribution is -0.135. The Balaban J connectivity index is 2.25. The van der Waals surface area contributed by atoms with Gasteiger partial charge in [-0.25, -0.2) is 4.79 Å². The number of allylic oxidation sites excluding steroid dienone is 1. The molecule has 0 aliphatic carbocycles. The van der Waals surface area contributed by atoms with Crippen LogP contribution in [0.5, 0.6) is 5.75 Å². The maximum absolute atomic E-state index is 11.7. The van der Waals surface area contributed by atoms with Gasteiger partial charge in [-0.15, -0.1) is 11.3 Å². The van der Waals surface area contributed by atoms with Gasteiger partial charge in [0.1, 0.15) is 5.75 Å². The number of aromatic hydroxyl groups is 1. The largest absolute Gasteiger partial charge is 0.508 e. The highest BCUT2D eigenvalue weighted by Gasteiger charge is 2.12. The Morgan fingerprint density at radius 2 is 1.65 bits per heavy atom. The van der Waals surface area contributed by atoms with E-state index in [2.05, 4.69) is 0 Å². The average molecular weight is 290 g/mol. The number of phenolic OH excluding ortho intramolecular Hbond substituents is 1. The van der Waals surface area contributed by atoms with Crippen molar-refractivity contribution in [2.75, 3.05) is 0 Å². The molecule has 5 nitrogen and oxygen atoms in total. The molecule has 0 fully saturated rings. The van der Waals surface area contributed by atoms with Gasteiger partial charge < -0.3 is 15.3 Å². The Labute approximate surface area is 118 Å². The Bertz CT molecular complexity index is 682. The maximum Gasteiger partial charge on any atom is 0.371 e. The summed E-state index contributed by atoms with van der Waals surface area (Å²) in [6.45, 7) is 0. The van der Waals surface area contributed by atoms with E-state index in [0.717, 1.165) is 10.4 Å². The summed E-state index contributed by atoms with van der Waals surface area (Å²) in [7, 11) is 0. The van der Waals surface area contributed by atoms with Crippen LogP contribution in [0, 0.1) is 0 Å². The van der Waals surface area contributed by atoms with Gasteiger partial charge in [0, 0.05) is 11.0 Å². The zero-order valence-electron chi connectivity index (χ0n) is 10.1. The predicted octanol–water partition coefficient (Wildman–Crippen LogP) is 2.83. The number of benzene rings is 1. The van der Waals surface area contributed by atoms with E-state index >= 15 is 0 Å². The molecule has 0 bridgehead atoms. The van der Waals surface area contributed by atoms with Crippen LogP contribution in [0.15, 0.2) is 48.2 Å². The fourth-order valence-electron chi connectivity index (χ4n) is 1.51. The van der Waals surface area contributed by atoms with E-state index in [4.69, 9.17) is 10.2 Å². The molecule has 0 spiro atoms. The minimum absolute atomic E-state index is 0.149. The summed E-state index contributed by atoms with van der Waals surface area (Å²) in [6.07, 6.45) is 0.675. The number of carbonyl (C=O) groups excluding carboxylic acids is 1. The lowest BCUT2D eigenvalue weighted by Crippen LogP contribution is -2.02. The molecule has 102 valence electrons. The molecule has 0 atom stereocenters. The number of hydrogen-bond donors (Lipinski definition) is 3. The summed E-state index contributed by atoms with van der Waals surface area (Å²) < 4.78 is 0. The number of thiophene rings is 1. The molecule has 0 aliphatic heterocycles. The molecule has 0 unspecified atom stereocenters. The summed E-state index contributed by atoms with van der Waals surface area (Å²) in [4.78, 5) is 23.3. The topological polar surface area (TPSA) is 94.8 Å². The van der Waals surface area contributed by atoms with Crippen LogP contribution < -0.4 is 0 Å². The first kappa shape index (κ1) is 13.8. The smallest absolute Gasteiger partial charge is 0.371 e. The standard InChI is InChI=1S/C14H10O5S/c15-9-3-1-8(2-4-9)12-5-6-13(20-12)10(16)7-11(17)14(18)19/h1-7,15,17H,(H,18,19)/b11-7+. The van der Waals surface area contributed by atoms with Crippen molar-refractivity contribution in [3.05, 3.63) is 53.1 Å². The second-order valence-electron chi connectivity index (χ2n) is 3.91. The highest BCUT2D eigenvalue weighted by atomic mass is 32.1. The number of carboxylic acid groups (broad SMARTS) is 1. The molecule has 0 saturated heterocycles. The van der Waals surface area contributed by atoms with Gasteiger partial charge in [-0.2, -0.15) is 0 Å². The predicted molar refractivity (Wildman–Crippen MR) is 74.1 cm³/mol. The Hall–Kier alpha value is -2.60. The normalized spacial score (nSPS) is 11.3.